The monoisotopic (exact) mass is 640 g/mol. The highest BCUT2D eigenvalue weighted by molar-refractivity contribution is 7.26. The van der Waals surface area contributed by atoms with Crippen molar-refractivity contribution in [1.82, 2.24) is 9.13 Å². The van der Waals surface area contributed by atoms with Crippen LogP contribution in [0.25, 0.3) is 86.3 Å². The van der Waals surface area contributed by atoms with Crippen LogP contribution in [-0.2, 0) is 0 Å². The van der Waals surface area contributed by atoms with E-state index in [9.17, 15) is 10.5 Å². The fourth-order valence-corrected chi connectivity index (χ4v) is 8.71. The van der Waals surface area contributed by atoms with Crippen molar-refractivity contribution in [2.24, 2.45) is 0 Å². The van der Waals surface area contributed by atoms with Gasteiger partial charge < -0.3 is 9.13 Å². The van der Waals surface area contributed by atoms with Crippen LogP contribution in [-0.4, -0.2) is 9.13 Å². The average molecular weight is 641 g/mol. The highest BCUT2D eigenvalue weighted by Crippen LogP contribution is 2.43. The van der Waals surface area contributed by atoms with E-state index in [0.717, 1.165) is 60.7 Å². The Morgan fingerprint density at radius 3 is 1.71 bits per heavy atom. The Morgan fingerprint density at radius 2 is 1.00 bits per heavy atom. The van der Waals surface area contributed by atoms with E-state index in [4.69, 9.17) is 0 Å². The molecule has 5 heteroatoms. The maximum Gasteiger partial charge on any atom is 0.0991 e. The molecule has 4 nitrogen and oxygen atoms in total. The van der Waals surface area contributed by atoms with E-state index in [1.165, 1.54) is 25.6 Å². The minimum Gasteiger partial charge on any atom is -0.309 e. The van der Waals surface area contributed by atoms with Crippen LogP contribution in [0.2, 0.25) is 0 Å². The van der Waals surface area contributed by atoms with Gasteiger partial charge in [-0.15, -0.1) is 11.3 Å². The molecule has 10 rings (SSSR count). The molecule has 0 aliphatic heterocycles. The number of benzene rings is 7. The Hall–Kier alpha value is -6.66. The third-order valence-corrected chi connectivity index (χ3v) is 10.9. The lowest BCUT2D eigenvalue weighted by Gasteiger charge is -2.13. The summed E-state index contributed by atoms with van der Waals surface area (Å²) in [7, 11) is 0. The first-order chi connectivity index (χ1) is 24.2. The average Bonchev–Trinajstić information content (AvgIpc) is 3.81. The van der Waals surface area contributed by atoms with E-state index in [1.807, 2.05) is 24.3 Å². The van der Waals surface area contributed by atoms with Gasteiger partial charge in [-0.25, -0.2) is 0 Å². The molecule has 0 N–H and O–H groups in total. The molecule has 0 aliphatic rings. The first kappa shape index (κ1) is 27.5. The smallest absolute Gasteiger partial charge is 0.0991 e. The normalized spacial score (nSPS) is 11.6. The van der Waals surface area contributed by atoms with Gasteiger partial charge in [0.25, 0.3) is 0 Å². The van der Waals surface area contributed by atoms with Crippen molar-refractivity contribution in [3.05, 3.63) is 157 Å². The highest BCUT2D eigenvalue weighted by Gasteiger charge is 2.19. The van der Waals surface area contributed by atoms with Crippen LogP contribution in [0.3, 0.4) is 0 Å². The molecule has 3 aromatic heterocycles. The Labute approximate surface area is 285 Å². The second kappa shape index (κ2) is 10.4. The summed E-state index contributed by atoms with van der Waals surface area (Å²) in [6, 6.07) is 55.5. The summed E-state index contributed by atoms with van der Waals surface area (Å²) in [6.45, 7) is 0. The maximum absolute atomic E-state index is 9.75. The van der Waals surface area contributed by atoms with Crippen LogP contribution in [0, 0.1) is 22.7 Å². The number of aromatic nitrogens is 2. The molecule has 10 aromatic rings. The quantitative estimate of drug-likeness (QED) is 0.193. The summed E-state index contributed by atoms with van der Waals surface area (Å²) in [5.41, 5.74) is 10.2. The topological polar surface area (TPSA) is 57.4 Å². The first-order valence-corrected chi connectivity index (χ1v) is 16.9. The van der Waals surface area contributed by atoms with E-state index in [-0.39, 0.29) is 0 Å². The van der Waals surface area contributed by atoms with Crippen molar-refractivity contribution < 1.29 is 0 Å². The van der Waals surface area contributed by atoms with Gasteiger partial charge in [-0.3, -0.25) is 0 Å². The molecule has 0 unspecified atom stereocenters. The van der Waals surface area contributed by atoms with Crippen LogP contribution in [0.5, 0.6) is 0 Å². The van der Waals surface area contributed by atoms with Gasteiger partial charge in [0, 0.05) is 53.1 Å². The van der Waals surface area contributed by atoms with Crippen LogP contribution in [0.1, 0.15) is 11.1 Å². The maximum atomic E-state index is 9.75. The first-order valence-electron chi connectivity index (χ1n) is 16.1. The minimum atomic E-state index is 0.657. The van der Waals surface area contributed by atoms with Gasteiger partial charge in [0.05, 0.1) is 45.3 Å². The van der Waals surface area contributed by atoms with Crippen LogP contribution >= 0.6 is 11.3 Å². The molecule has 7 aromatic carbocycles. The summed E-state index contributed by atoms with van der Waals surface area (Å²) < 4.78 is 7.07. The largest absolute Gasteiger partial charge is 0.309 e. The van der Waals surface area contributed by atoms with Crippen molar-refractivity contribution in [3.63, 3.8) is 0 Å². The number of nitriles is 2. The Kier molecular flexibility index (Phi) is 5.84. The zero-order chi connectivity index (χ0) is 32.6. The van der Waals surface area contributed by atoms with Crippen molar-refractivity contribution in [1.29, 1.82) is 10.5 Å². The molecular weight excluding hydrogens is 617 g/mol. The predicted molar refractivity (Wildman–Crippen MR) is 203 cm³/mol. The van der Waals surface area contributed by atoms with Gasteiger partial charge in [0.15, 0.2) is 0 Å². The van der Waals surface area contributed by atoms with Crippen molar-refractivity contribution in [3.8, 4) is 34.6 Å². The van der Waals surface area contributed by atoms with Crippen LogP contribution in [0.15, 0.2) is 146 Å². The molecule has 3 heterocycles. The SMILES string of the molecule is N#Cc1ccc2sc3ccc4c5ccccc5n(-c5cccc(-c6cccc(-n7c8ccccc8c8cc(C#N)ccc87)c6)c5)c4c3c2c1. The molecular formula is C44H24N4S. The summed E-state index contributed by atoms with van der Waals surface area (Å²) in [5.74, 6) is 0. The van der Waals surface area contributed by atoms with Gasteiger partial charge in [-0.1, -0.05) is 66.7 Å². The second-order valence-corrected chi connectivity index (χ2v) is 13.5. The zero-order valence-corrected chi connectivity index (χ0v) is 26.9. The molecule has 0 radical (unpaired) electrons. The zero-order valence-electron chi connectivity index (χ0n) is 26.1. The lowest BCUT2D eigenvalue weighted by atomic mass is 10.0. The molecule has 0 fully saturated rings. The van der Waals surface area contributed by atoms with Crippen molar-refractivity contribution >= 4 is 75.1 Å². The van der Waals surface area contributed by atoms with E-state index in [1.54, 1.807) is 11.3 Å². The Morgan fingerprint density at radius 1 is 0.429 bits per heavy atom. The van der Waals surface area contributed by atoms with Gasteiger partial charge in [0.2, 0.25) is 0 Å². The fourth-order valence-electron chi connectivity index (χ4n) is 7.62. The lowest BCUT2D eigenvalue weighted by Crippen LogP contribution is -1.96. The van der Waals surface area contributed by atoms with E-state index < -0.39 is 0 Å². The summed E-state index contributed by atoms with van der Waals surface area (Å²) in [5, 5.41) is 26.2. The van der Waals surface area contributed by atoms with E-state index in [0.29, 0.717) is 11.1 Å². The third kappa shape index (κ3) is 4.01. The number of hydrogen-bond acceptors (Lipinski definition) is 3. The second-order valence-electron chi connectivity index (χ2n) is 12.4. The lowest BCUT2D eigenvalue weighted by molar-refractivity contribution is 1.18. The van der Waals surface area contributed by atoms with Gasteiger partial charge in [0.1, 0.15) is 0 Å². The molecule has 0 saturated carbocycles. The summed E-state index contributed by atoms with van der Waals surface area (Å²) in [4.78, 5) is 0. The number of fused-ring (bicyclic) bond motifs is 10. The Balaban J connectivity index is 1.20. The summed E-state index contributed by atoms with van der Waals surface area (Å²) in [6.07, 6.45) is 0. The predicted octanol–water partition coefficient (Wildman–Crippen LogP) is 11.7. The molecule has 0 atom stereocenters. The molecule has 0 saturated heterocycles. The summed E-state index contributed by atoms with van der Waals surface area (Å²) >= 11 is 1.77. The number of hydrogen-bond donors (Lipinski definition) is 0. The highest BCUT2D eigenvalue weighted by atomic mass is 32.1. The number of nitrogens with zero attached hydrogens (tertiary/aromatic N) is 4. The van der Waals surface area contributed by atoms with Crippen molar-refractivity contribution in [2.75, 3.05) is 0 Å². The number of para-hydroxylation sites is 2. The molecule has 49 heavy (non-hydrogen) atoms. The molecule has 226 valence electrons. The minimum absolute atomic E-state index is 0.657. The Bertz CT molecular complexity index is 3090. The van der Waals surface area contributed by atoms with Gasteiger partial charge >= 0.3 is 0 Å². The standard InChI is InChI=1S/C44H24N4S/c45-25-27-15-18-40-36(21-27)34-12-2-3-13-38(34)47(40)31-9-5-7-29(23-31)30-8-6-10-32(24-30)48-39-14-4-1-11-33(39)35-17-20-42-43(44(35)48)37-22-28(26-46)16-19-41(37)49-42/h1-24H. The molecule has 0 aliphatic carbocycles. The molecule has 0 amide bonds. The van der Waals surface area contributed by atoms with Crippen LogP contribution in [0.4, 0.5) is 0 Å². The number of rotatable bonds is 3. The third-order valence-electron chi connectivity index (χ3n) is 9.74. The fraction of sp³-hybridized carbons (Fsp3) is 0. The van der Waals surface area contributed by atoms with Gasteiger partial charge in [-0.05, 0) is 90.0 Å². The molecule has 0 bridgehead atoms. The van der Waals surface area contributed by atoms with E-state index >= 15 is 0 Å². The van der Waals surface area contributed by atoms with Crippen molar-refractivity contribution in [2.45, 2.75) is 0 Å². The van der Waals surface area contributed by atoms with Gasteiger partial charge in [-0.2, -0.15) is 10.5 Å². The number of thiophene rings is 1. The van der Waals surface area contributed by atoms with E-state index in [2.05, 4.69) is 143 Å². The van der Waals surface area contributed by atoms with Crippen LogP contribution < -0.4 is 0 Å². The molecule has 0 spiro atoms.